The number of aliphatic hydroxyl groups is 1. The summed E-state index contributed by atoms with van der Waals surface area (Å²) in [5.41, 5.74) is 0.733. The van der Waals surface area contributed by atoms with Crippen molar-refractivity contribution in [2.45, 2.75) is 64.5 Å². The first-order valence-electron chi connectivity index (χ1n) is 12.7. The molecule has 1 atom stereocenters. The second-order valence-electron chi connectivity index (χ2n) is 10.2. The van der Waals surface area contributed by atoms with Gasteiger partial charge < -0.3 is 15.2 Å². The molecule has 0 radical (unpaired) electrons. The molecule has 5 rings (SSSR count). The highest BCUT2D eigenvalue weighted by molar-refractivity contribution is 7.11. The summed E-state index contributed by atoms with van der Waals surface area (Å²) in [5, 5.41) is 18.1. The number of aryl methyl sites for hydroxylation is 1. The number of ether oxygens (including phenoxy) is 1. The van der Waals surface area contributed by atoms with Crippen LogP contribution in [0, 0.1) is 6.92 Å². The van der Waals surface area contributed by atoms with E-state index in [9.17, 15) is 23.1 Å². The Morgan fingerprint density at radius 3 is 2.62 bits per heavy atom. The smallest absolute Gasteiger partial charge is 0.433 e. The molecule has 1 aromatic carbocycles. The van der Waals surface area contributed by atoms with Crippen LogP contribution in [0.1, 0.15) is 69.8 Å². The molecule has 1 amide bonds. The Bertz CT molecular complexity index is 1530. The highest BCUT2D eigenvalue weighted by Gasteiger charge is 2.38. The summed E-state index contributed by atoms with van der Waals surface area (Å²) in [7, 11) is 0. The first kappa shape index (κ1) is 27.8. The van der Waals surface area contributed by atoms with Crippen molar-refractivity contribution < 1.29 is 27.8 Å². The van der Waals surface area contributed by atoms with Crippen LogP contribution in [0.5, 0.6) is 0 Å². The number of rotatable bonds is 7. The van der Waals surface area contributed by atoms with Gasteiger partial charge >= 0.3 is 12.3 Å². The first-order chi connectivity index (χ1) is 18.9. The minimum Gasteiger partial charge on any atom is -0.445 e. The van der Waals surface area contributed by atoms with Crippen molar-refractivity contribution >= 4 is 17.4 Å². The van der Waals surface area contributed by atoms with Gasteiger partial charge in [-0.3, -0.25) is 0 Å². The number of nitrogens with zero attached hydrogens (tertiary/aromatic N) is 4. The molecule has 210 valence electrons. The van der Waals surface area contributed by atoms with Crippen molar-refractivity contribution in [2.24, 2.45) is 0 Å². The zero-order valence-electron chi connectivity index (χ0n) is 22.1. The molecule has 0 bridgehead atoms. The predicted octanol–water partition coefficient (Wildman–Crippen LogP) is 5.78. The third-order valence-corrected chi connectivity index (χ3v) is 8.05. The number of alkyl halides is 3. The van der Waals surface area contributed by atoms with E-state index in [1.807, 2.05) is 30.3 Å². The molecule has 0 saturated heterocycles. The fraction of sp³-hybridized carbons (Fsp3) is 0.357. The van der Waals surface area contributed by atoms with Crippen LogP contribution in [0.4, 0.5) is 18.0 Å². The highest BCUT2D eigenvalue weighted by Crippen LogP contribution is 2.38. The van der Waals surface area contributed by atoms with Crippen LogP contribution >= 0.6 is 11.3 Å². The van der Waals surface area contributed by atoms with Gasteiger partial charge in [0, 0.05) is 29.2 Å². The summed E-state index contributed by atoms with van der Waals surface area (Å²) in [6.07, 6.45) is 1.14. The second-order valence-corrected chi connectivity index (χ2v) is 11.3. The SMILES string of the molecule is Cc1c(C(F)(F)F)nc2c(c1-n1cc(C(NC(=O)OCc3ccccc3)c3cnc(C(C)(C)O)s3)cn1)CCC2. The normalized spacial score (nSPS) is 14.2. The molecule has 0 fully saturated rings. The van der Waals surface area contributed by atoms with Crippen LogP contribution in [0.25, 0.3) is 5.69 Å². The Labute approximate surface area is 232 Å². The molecule has 1 aliphatic carbocycles. The van der Waals surface area contributed by atoms with E-state index < -0.39 is 29.6 Å². The van der Waals surface area contributed by atoms with Gasteiger partial charge in [-0.05, 0) is 51.2 Å². The van der Waals surface area contributed by atoms with Gasteiger partial charge in [0.15, 0.2) is 0 Å². The zero-order chi connectivity index (χ0) is 28.7. The number of fused-ring (bicyclic) bond motifs is 1. The molecule has 0 spiro atoms. The molecule has 8 nitrogen and oxygen atoms in total. The molecule has 0 aliphatic heterocycles. The quantitative estimate of drug-likeness (QED) is 0.292. The fourth-order valence-corrected chi connectivity index (χ4v) is 5.76. The fourth-order valence-electron chi connectivity index (χ4n) is 4.76. The van der Waals surface area contributed by atoms with Gasteiger partial charge in [-0.1, -0.05) is 30.3 Å². The summed E-state index contributed by atoms with van der Waals surface area (Å²) >= 11 is 1.21. The van der Waals surface area contributed by atoms with Crippen molar-refractivity contribution in [1.82, 2.24) is 25.1 Å². The van der Waals surface area contributed by atoms with E-state index >= 15 is 0 Å². The summed E-state index contributed by atoms with van der Waals surface area (Å²) in [6.45, 7) is 4.67. The standard InChI is InChI=1S/C28H28F3N5O3S/c1-16-23(19-10-7-11-20(19)34-24(16)28(29,30)31)36-14-18(12-33-36)22(21-13-32-25(40-21)27(2,3)38)35-26(37)39-15-17-8-5-4-6-9-17/h4-6,8-9,12-14,22,38H,7,10-11,15H2,1-3H3,(H,35,37). The maximum atomic E-state index is 13.8. The number of thiazole rings is 1. The van der Waals surface area contributed by atoms with Gasteiger partial charge in [0.2, 0.25) is 0 Å². The van der Waals surface area contributed by atoms with Crippen molar-refractivity contribution in [1.29, 1.82) is 0 Å². The minimum atomic E-state index is -4.60. The van der Waals surface area contributed by atoms with E-state index in [1.165, 1.54) is 29.1 Å². The number of nitrogens with one attached hydrogen (secondary N) is 1. The largest absolute Gasteiger partial charge is 0.445 e. The highest BCUT2D eigenvalue weighted by atomic mass is 32.1. The third-order valence-electron chi connectivity index (χ3n) is 6.67. The van der Waals surface area contributed by atoms with Crippen molar-refractivity contribution in [3.05, 3.63) is 92.4 Å². The lowest BCUT2D eigenvalue weighted by molar-refractivity contribution is -0.141. The van der Waals surface area contributed by atoms with E-state index in [1.54, 1.807) is 26.2 Å². The van der Waals surface area contributed by atoms with Crippen LogP contribution in [-0.2, 0) is 36.0 Å². The number of pyridine rings is 1. The molecule has 1 aliphatic rings. The van der Waals surface area contributed by atoms with Gasteiger partial charge in [-0.2, -0.15) is 18.3 Å². The molecule has 3 heterocycles. The Morgan fingerprint density at radius 2 is 1.95 bits per heavy atom. The summed E-state index contributed by atoms with van der Waals surface area (Å²) < 4.78 is 48.3. The Kier molecular flexibility index (Phi) is 7.40. The maximum absolute atomic E-state index is 13.8. The number of halogens is 3. The van der Waals surface area contributed by atoms with Crippen LogP contribution in [0.2, 0.25) is 0 Å². The minimum absolute atomic E-state index is 0.00307. The molecule has 2 N–H and O–H groups in total. The lowest BCUT2D eigenvalue weighted by atomic mass is 10.1. The van der Waals surface area contributed by atoms with Gasteiger partial charge in [0.05, 0.1) is 22.8 Å². The summed E-state index contributed by atoms with van der Waals surface area (Å²) in [6, 6.07) is 8.43. The zero-order valence-corrected chi connectivity index (χ0v) is 22.9. The van der Waals surface area contributed by atoms with E-state index in [-0.39, 0.29) is 12.2 Å². The van der Waals surface area contributed by atoms with E-state index in [0.29, 0.717) is 46.1 Å². The van der Waals surface area contributed by atoms with E-state index in [4.69, 9.17) is 4.74 Å². The van der Waals surface area contributed by atoms with Gasteiger partial charge in [0.1, 0.15) is 22.9 Å². The van der Waals surface area contributed by atoms with Gasteiger partial charge in [0.25, 0.3) is 0 Å². The monoisotopic (exact) mass is 571 g/mol. The lowest BCUT2D eigenvalue weighted by Gasteiger charge is -2.18. The molecule has 3 aromatic heterocycles. The molecule has 4 aromatic rings. The number of benzene rings is 1. The summed E-state index contributed by atoms with van der Waals surface area (Å²) in [4.78, 5) is 21.7. The van der Waals surface area contributed by atoms with E-state index in [2.05, 4.69) is 20.4 Å². The Hall–Kier alpha value is -3.77. The van der Waals surface area contributed by atoms with E-state index in [0.717, 1.165) is 11.1 Å². The molecule has 0 saturated carbocycles. The number of alkyl carbamates (subject to hydrolysis) is 1. The number of hydrogen-bond donors (Lipinski definition) is 2. The number of hydrogen-bond acceptors (Lipinski definition) is 7. The number of aromatic nitrogens is 4. The average Bonchev–Trinajstić information content (AvgIpc) is 3.66. The lowest BCUT2D eigenvalue weighted by Crippen LogP contribution is -2.29. The molecule has 12 heteroatoms. The molecule has 40 heavy (non-hydrogen) atoms. The summed E-state index contributed by atoms with van der Waals surface area (Å²) in [5.74, 6) is 0. The van der Waals surface area contributed by atoms with Crippen molar-refractivity contribution in [2.75, 3.05) is 0 Å². The van der Waals surface area contributed by atoms with Gasteiger partial charge in [-0.25, -0.2) is 19.4 Å². The maximum Gasteiger partial charge on any atom is 0.433 e. The van der Waals surface area contributed by atoms with Gasteiger partial charge in [-0.15, -0.1) is 11.3 Å². The number of carbonyl (C=O) groups is 1. The number of amides is 1. The molecule has 1 unspecified atom stereocenters. The molecular weight excluding hydrogens is 543 g/mol. The van der Waals surface area contributed by atoms with Crippen LogP contribution in [0.15, 0.2) is 48.9 Å². The molecular formula is C28H28F3N5O3S. The van der Waals surface area contributed by atoms with Crippen LogP contribution in [0.3, 0.4) is 0 Å². The average molecular weight is 572 g/mol. The number of carbonyl (C=O) groups excluding carboxylic acids is 1. The van der Waals surface area contributed by atoms with Crippen LogP contribution in [-0.4, -0.2) is 30.9 Å². The van der Waals surface area contributed by atoms with Crippen molar-refractivity contribution in [3.8, 4) is 5.69 Å². The first-order valence-corrected chi connectivity index (χ1v) is 13.5. The van der Waals surface area contributed by atoms with Crippen LogP contribution < -0.4 is 5.32 Å². The Morgan fingerprint density at radius 1 is 1.20 bits per heavy atom. The predicted molar refractivity (Wildman–Crippen MR) is 142 cm³/mol. The Balaban J connectivity index is 1.50. The second kappa shape index (κ2) is 10.7. The topological polar surface area (TPSA) is 102 Å². The van der Waals surface area contributed by atoms with Crippen molar-refractivity contribution in [3.63, 3.8) is 0 Å². The third kappa shape index (κ3) is 5.73.